The van der Waals surface area contributed by atoms with Crippen molar-refractivity contribution in [2.45, 2.75) is 72.2 Å². The molecule has 98 valence electrons. The Hall–Kier alpha value is 1.58. The van der Waals surface area contributed by atoms with Gasteiger partial charge >= 0.3 is 51.4 Å². The van der Waals surface area contributed by atoms with Gasteiger partial charge in [-0.1, -0.05) is 13.8 Å². The van der Waals surface area contributed by atoms with E-state index in [1.54, 1.807) is 27.7 Å². The first kappa shape index (κ1) is 27.0. The minimum absolute atomic E-state index is 0. The summed E-state index contributed by atoms with van der Waals surface area (Å²) in [5, 5.41) is 27.3. The van der Waals surface area contributed by atoms with Gasteiger partial charge in [0.2, 0.25) is 0 Å². The Morgan fingerprint density at radius 3 is 0.824 bits per heavy atom. The van der Waals surface area contributed by atoms with E-state index in [9.17, 15) is 0 Å². The summed E-state index contributed by atoms with van der Waals surface area (Å²) in [7, 11) is 0. The molecule has 0 aromatic carbocycles. The van der Waals surface area contributed by atoms with Crippen molar-refractivity contribution in [3.63, 3.8) is 0 Å². The van der Waals surface area contributed by atoms with E-state index in [1.165, 1.54) is 0 Å². The molecule has 17 heavy (non-hydrogen) atoms. The normalized spacial score (nSPS) is 12.0. The zero-order chi connectivity index (χ0) is 13.1. The van der Waals surface area contributed by atoms with Crippen molar-refractivity contribution in [2.75, 3.05) is 0 Å². The summed E-state index contributed by atoms with van der Waals surface area (Å²) in [4.78, 5) is 0. The predicted molar refractivity (Wildman–Crippen MR) is 69.5 cm³/mol. The minimum Gasteiger partial charge on any atom is -1.00 e. The average Bonchev–Trinajstić information content (AvgIpc) is 1.80. The minimum atomic E-state index is -1.01. The summed E-state index contributed by atoms with van der Waals surface area (Å²) in [6, 6.07) is 0. The van der Waals surface area contributed by atoms with Gasteiger partial charge in [-0.25, -0.2) is 0 Å². The van der Waals surface area contributed by atoms with Crippen molar-refractivity contribution in [1.82, 2.24) is 0 Å². The zero-order valence-corrected chi connectivity index (χ0v) is 16.1. The summed E-state index contributed by atoms with van der Waals surface area (Å²) in [6.45, 7) is 13.9. The molecule has 0 aliphatic rings. The SMILES string of the molecule is CC(C)(O)C(C)(C)O.CC(C)C(C)(C)O.[B-].[K+]. The molecule has 0 rings (SSSR count). The van der Waals surface area contributed by atoms with Gasteiger partial charge in [0.25, 0.3) is 0 Å². The summed E-state index contributed by atoms with van der Waals surface area (Å²) in [6.07, 6.45) is 0. The second-order valence-corrected chi connectivity index (χ2v) is 5.93. The van der Waals surface area contributed by atoms with Crippen molar-refractivity contribution >= 4 is 8.41 Å². The predicted octanol–water partition coefficient (Wildman–Crippen LogP) is -1.44. The van der Waals surface area contributed by atoms with Crippen LogP contribution in [0, 0.1) is 5.92 Å². The van der Waals surface area contributed by atoms with Gasteiger partial charge in [-0.05, 0) is 47.5 Å². The molecule has 0 fully saturated rings. The average molecular weight is 270 g/mol. The van der Waals surface area contributed by atoms with Gasteiger partial charge in [0, 0.05) is 0 Å². The maximum atomic E-state index is 9.10. The van der Waals surface area contributed by atoms with Crippen LogP contribution < -0.4 is 51.4 Å². The van der Waals surface area contributed by atoms with Crippen LogP contribution in [-0.2, 0) is 0 Å². The van der Waals surface area contributed by atoms with Crippen LogP contribution in [0.4, 0.5) is 0 Å². The maximum Gasteiger partial charge on any atom is 1.00 e. The van der Waals surface area contributed by atoms with Crippen molar-refractivity contribution in [1.29, 1.82) is 0 Å². The van der Waals surface area contributed by atoms with Crippen LogP contribution in [0.1, 0.15) is 55.4 Å². The third kappa shape index (κ3) is 15.5. The van der Waals surface area contributed by atoms with E-state index in [0.717, 1.165) is 0 Å². The maximum absolute atomic E-state index is 9.10. The largest absolute Gasteiger partial charge is 1.00 e. The molecule has 0 aromatic rings. The Bertz CT molecular complexity index is 164. The fraction of sp³-hybridized carbons (Fsp3) is 1.00. The van der Waals surface area contributed by atoms with E-state index in [4.69, 9.17) is 15.3 Å². The monoisotopic (exact) mass is 270 g/mol. The van der Waals surface area contributed by atoms with Crippen molar-refractivity contribution in [3.8, 4) is 0 Å². The molecule has 0 aliphatic carbocycles. The second-order valence-electron chi connectivity index (χ2n) is 5.93. The molecular weight excluding hydrogens is 242 g/mol. The molecule has 0 bridgehead atoms. The molecule has 0 saturated heterocycles. The third-order valence-electron chi connectivity index (χ3n) is 2.91. The Kier molecular flexibility index (Phi) is 15.1. The van der Waals surface area contributed by atoms with Crippen molar-refractivity contribution in [2.24, 2.45) is 5.92 Å². The van der Waals surface area contributed by atoms with Gasteiger partial charge in [0.1, 0.15) is 0 Å². The standard InChI is InChI=1S/C6H14O2.C6H14O.B.K/c1-5(2,7)6(3,4)8;1-5(2)6(3,4)7;;/h7-8H,1-4H3;5,7H,1-4H3;;/q;;-1;+1. The first-order chi connectivity index (χ1) is 6.19. The van der Waals surface area contributed by atoms with E-state index >= 15 is 0 Å². The summed E-state index contributed by atoms with van der Waals surface area (Å²) in [5.41, 5.74) is -2.51. The molecule has 4 radical (unpaired) electrons. The van der Waals surface area contributed by atoms with Gasteiger partial charge < -0.3 is 23.7 Å². The number of hydrogen-bond donors (Lipinski definition) is 3. The van der Waals surface area contributed by atoms with Crippen molar-refractivity contribution < 1.29 is 66.7 Å². The molecular formula is C12H28BKO3. The first-order valence-electron chi connectivity index (χ1n) is 5.36. The van der Waals surface area contributed by atoms with E-state index in [0.29, 0.717) is 5.92 Å². The Labute approximate surface area is 151 Å². The first-order valence-corrected chi connectivity index (χ1v) is 5.36. The van der Waals surface area contributed by atoms with E-state index in [2.05, 4.69) is 0 Å². The van der Waals surface area contributed by atoms with Crippen LogP contribution in [0.25, 0.3) is 0 Å². The van der Waals surface area contributed by atoms with Gasteiger partial charge in [-0.3, -0.25) is 0 Å². The van der Waals surface area contributed by atoms with Crippen LogP contribution in [0.2, 0.25) is 0 Å². The van der Waals surface area contributed by atoms with Crippen LogP contribution >= 0.6 is 0 Å². The van der Waals surface area contributed by atoms with Gasteiger partial charge in [-0.2, -0.15) is 0 Å². The van der Waals surface area contributed by atoms with E-state index in [1.807, 2.05) is 27.7 Å². The van der Waals surface area contributed by atoms with Gasteiger partial charge in [-0.15, -0.1) is 0 Å². The molecule has 3 N–H and O–H groups in total. The summed E-state index contributed by atoms with van der Waals surface area (Å²) < 4.78 is 0. The van der Waals surface area contributed by atoms with Crippen molar-refractivity contribution in [3.05, 3.63) is 0 Å². The summed E-state index contributed by atoms with van der Waals surface area (Å²) in [5.74, 6) is 0.354. The van der Waals surface area contributed by atoms with Crippen LogP contribution in [0.5, 0.6) is 0 Å². The molecule has 0 aromatic heterocycles. The third-order valence-corrected chi connectivity index (χ3v) is 2.91. The topological polar surface area (TPSA) is 60.7 Å². The second kappa shape index (κ2) is 9.48. The molecule has 0 spiro atoms. The van der Waals surface area contributed by atoms with E-state index < -0.39 is 16.8 Å². The molecule has 0 aliphatic heterocycles. The zero-order valence-electron chi connectivity index (χ0n) is 13.0. The fourth-order valence-electron chi connectivity index (χ4n) is 0. The smallest absolute Gasteiger partial charge is 1.00 e. The summed E-state index contributed by atoms with van der Waals surface area (Å²) >= 11 is 0. The number of hydrogen-bond acceptors (Lipinski definition) is 3. The van der Waals surface area contributed by atoms with E-state index in [-0.39, 0.29) is 59.8 Å². The fourth-order valence-corrected chi connectivity index (χ4v) is 0. The Balaban J connectivity index is -0.0000000896. The van der Waals surface area contributed by atoms with Crippen LogP contribution in [0.3, 0.4) is 0 Å². The number of aliphatic hydroxyl groups is 3. The van der Waals surface area contributed by atoms with Crippen LogP contribution in [-0.4, -0.2) is 40.5 Å². The molecule has 3 nitrogen and oxygen atoms in total. The molecule has 0 unspecified atom stereocenters. The molecule has 0 heterocycles. The molecule has 0 amide bonds. The quantitative estimate of drug-likeness (QED) is 0.539. The Morgan fingerprint density at radius 1 is 0.706 bits per heavy atom. The van der Waals surface area contributed by atoms with Gasteiger partial charge in [0.15, 0.2) is 0 Å². The Morgan fingerprint density at radius 2 is 0.824 bits per heavy atom. The number of rotatable bonds is 2. The van der Waals surface area contributed by atoms with Gasteiger partial charge in [0.05, 0.1) is 16.8 Å². The molecule has 0 saturated carbocycles. The van der Waals surface area contributed by atoms with Crippen LogP contribution in [0.15, 0.2) is 0 Å². The molecule has 0 atom stereocenters. The molecule has 5 heteroatoms.